The summed E-state index contributed by atoms with van der Waals surface area (Å²) in [4.78, 5) is 0. The van der Waals surface area contributed by atoms with Gasteiger partial charge in [-0.15, -0.1) is 11.6 Å². The highest BCUT2D eigenvalue weighted by Crippen LogP contribution is 2.39. The molecular weight excluding hydrogens is 271 g/mol. The Kier molecular flexibility index (Phi) is 4.56. The Morgan fingerprint density at radius 1 is 1.17 bits per heavy atom. The van der Waals surface area contributed by atoms with Crippen LogP contribution >= 0.6 is 23.2 Å². The summed E-state index contributed by atoms with van der Waals surface area (Å²) in [6.07, 6.45) is 0.805. The predicted octanol–water partition coefficient (Wildman–Crippen LogP) is 4.51. The Bertz CT molecular complexity index is 541. The van der Waals surface area contributed by atoms with Gasteiger partial charge in [-0.1, -0.05) is 35.9 Å². The highest BCUT2D eigenvalue weighted by atomic mass is 35.5. The van der Waals surface area contributed by atoms with E-state index in [1.54, 1.807) is 13.2 Å². The molecule has 0 atom stereocenters. The van der Waals surface area contributed by atoms with Crippen LogP contribution in [0.25, 0.3) is 10.8 Å². The molecule has 0 aromatic heterocycles. The number of rotatable bonds is 5. The molecule has 0 aliphatic heterocycles. The molecule has 2 rings (SSSR count). The van der Waals surface area contributed by atoms with Crippen LogP contribution in [0.15, 0.2) is 30.3 Å². The molecule has 0 unspecified atom stereocenters. The van der Waals surface area contributed by atoms with Gasteiger partial charge in [-0.3, -0.25) is 0 Å². The SMILES string of the molecule is COc1c(Cl)cc(OCCCCl)c2ccccc12. The molecule has 0 aliphatic carbocycles. The van der Waals surface area contributed by atoms with Crippen molar-refractivity contribution < 1.29 is 9.47 Å². The van der Waals surface area contributed by atoms with E-state index in [4.69, 9.17) is 32.7 Å². The quantitative estimate of drug-likeness (QED) is 0.594. The van der Waals surface area contributed by atoms with Gasteiger partial charge >= 0.3 is 0 Å². The molecule has 0 saturated carbocycles. The first-order valence-electron chi connectivity index (χ1n) is 5.72. The monoisotopic (exact) mass is 284 g/mol. The van der Waals surface area contributed by atoms with Crippen molar-refractivity contribution in [1.29, 1.82) is 0 Å². The van der Waals surface area contributed by atoms with Gasteiger partial charge in [0.05, 0.1) is 18.7 Å². The summed E-state index contributed by atoms with van der Waals surface area (Å²) in [5.41, 5.74) is 0. The Labute approximate surface area is 116 Å². The summed E-state index contributed by atoms with van der Waals surface area (Å²) in [5, 5.41) is 2.50. The molecule has 2 aromatic carbocycles. The van der Waals surface area contributed by atoms with Gasteiger partial charge in [0.25, 0.3) is 0 Å². The van der Waals surface area contributed by atoms with E-state index in [0.29, 0.717) is 23.3 Å². The normalized spacial score (nSPS) is 10.6. The molecule has 0 bridgehead atoms. The van der Waals surface area contributed by atoms with E-state index in [2.05, 4.69) is 0 Å². The fraction of sp³-hybridized carbons (Fsp3) is 0.286. The van der Waals surface area contributed by atoms with E-state index in [0.717, 1.165) is 22.9 Å². The maximum atomic E-state index is 6.19. The maximum absolute atomic E-state index is 6.19. The first kappa shape index (κ1) is 13.3. The van der Waals surface area contributed by atoms with Gasteiger partial charge in [-0.25, -0.2) is 0 Å². The zero-order valence-corrected chi connectivity index (χ0v) is 11.6. The third-order valence-electron chi connectivity index (χ3n) is 2.65. The van der Waals surface area contributed by atoms with Crippen LogP contribution in [-0.4, -0.2) is 19.6 Å². The summed E-state index contributed by atoms with van der Waals surface area (Å²) in [6, 6.07) is 9.66. The second-order valence-corrected chi connectivity index (χ2v) is 4.61. The van der Waals surface area contributed by atoms with Crippen molar-refractivity contribution in [3.63, 3.8) is 0 Å². The fourth-order valence-corrected chi connectivity index (χ4v) is 2.23. The molecule has 0 N–H and O–H groups in total. The molecule has 0 fully saturated rings. The van der Waals surface area contributed by atoms with E-state index in [9.17, 15) is 0 Å². The Morgan fingerprint density at radius 2 is 1.89 bits per heavy atom. The van der Waals surface area contributed by atoms with Crippen molar-refractivity contribution in [1.82, 2.24) is 0 Å². The number of halogens is 2. The molecule has 0 aliphatic rings. The molecular formula is C14H14Cl2O2. The molecule has 18 heavy (non-hydrogen) atoms. The minimum absolute atomic E-state index is 0.553. The predicted molar refractivity (Wildman–Crippen MR) is 76.3 cm³/mol. The van der Waals surface area contributed by atoms with Crippen LogP contribution in [0.4, 0.5) is 0 Å². The highest BCUT2D eigenvalue weighted by molar-refractivity contribution is 6.33. The average Bonchev–Trinajstić information content (AvgIpc) is 2.39. The van der Waals surface area contributed by atoms with Crippen LogP contribution in [-0.2, 0) is 0 Å². The lowest BCUT2D eigenvalue weighted by Gasteiger charge is -2.13. The number of fused-ring (bicyclic) bond motifs is 1. The van der Waals surface area contributed by atoms with Crippen LogP contribution in [0.5, 0.6) is 11.5 Å². The van der Waals surface area contributed by atoms with E-state index < -0.39 is 0 Å². The van der Waals surface area contributed by atoms with Crippen LogP contribution < -0.4 is 9.47 Å². The largest absolute Gasteiger partial charge is 0.495 e. The molecule has 2 aromatic rings. The first-order valence-corrected chi connectivity index (χ1v) is 6.63. The highest BCUT2D eigenvalue weighted by Gasteiger charge is 2.11. The Morgan fingerprint density at radius 3 is 2.56 bits per heavy atom. The Hall–Kier alpha value is -1.12. The number of hydrogen-bond acceptors (Lipinski definition) is 2. The second kappa shape index (κ2) is 6.17. The fourth-order valence-electron chi connectivity index (χ4n) is 1.85. The second-order valence-electron chi connectivity index (χ2n) is 3.83. The van der Waals surface area contributed by atoms with Gasteiger partial charge in [-0.05, 0) is 6.42 Å². The minimum atomic E-state index is 0.553. The van der Waals surface area contributed by atoms with Crippen LogP contribution in [0.2, 0.25) is 5.02 Å². The summed E-state index contributed by atoms with van der Waals surface area (Å²) in [5.74, 6) is 2.03. The molecule has 4 heteroatoms. The zero-order valence-electron chi connectivity index (χ0n) is 10.1. The lowest BCUT2D eigenvalue weighted by Crippen LogP contribution is -1.99. The lowest BCUT2D eigenvalue weighted by atomic mass is 10.1. The van der Waals surface area contributed by atoms with E-state index in [-0.39, 0.29) is 0 Å². The van der Waals surface area contributed by atoms with Crippen molar-refractivity contribution in [2.75, 3.05) is 19.6 Å². The van der Waals surface area contributed by atoms with Crippen molar-refractivity contribution in [2.24, 2.45) is 0 Å². The van der Waals surface area contributed by atoms with Crippen LogP contribution in [0, 0.1) is 0 Å². The molecule has 96 valence electrons. The zero-order chi connectivity index (χ0) is 13.0. The van der Waals surface area contributed by atoms with Crippen LogP contribution in [0.1, 0.15) is 6.42 Å². The number of ether oxygens (including phenoxy) is 2. The van der Waals surface area contributed by atoms with Crippen molar-refractivity contribution in [2.45, 2.75) is 6.42 Å². The van der Waals surface area contributed by atoms with E-state index in [1.165, 1.54) is 0 Å². The first-order chi connectivity index (χ1) is 8.77. The summed E-state index contributed by atoms with van der Waals surface area (Å²) in [7, 11) is 1.61. The number of alkyl halides is 1. The van der Waals surface area contributed by atoms with Gasteiger partial charge in [0.1, 0.15) is 11.5 Å². The third kappa shape index (κ3) is 2.65. The third-order valence-corrected chi connectivity index (χ3v) is 3.20. The molecule has 0 spiro atoms. The molecule has 0 heterocycles. The van der Waals surface area contributed by atoms with E-state index >= 15 is 0 Å². The van der Waals surface area contributed by atoms with Crippen molar-refractivity contribution >= 4 is 34.0 Å². The number of hydrogen-bond donors (Lipinski definition) is 0. The van der Waals surface area contributed by atoms with Gasteiger partial charge in [0.15, 0.2) is 0 Å². The number of benzene rings is 2. The lowest BCUT2D eigenvalue weighted by molar-refractivity contribution is 0.321. The molecule has 0 radical (unpaired) electrons. The minimum Gasteiger partial charge on any atom is -0.495 e. The Balaban J connectivity index is 2.47. The number of methoxy groups -OCH3 is 1. The smallest absolute Gasteiger partial charge is 0.145 e. The summed E-state index contributed by atoms with van der Waals surface area (Å²) >= 11 is 11.8. The van der Waals surface area contributed by atoms with Crippen molar-refractivity contribution in [3.8, 4) is 11.5 Å². The summed E-state index contributed by atoms with van der Waals surface area (Å²) < 4.78 is 11.0. The van der Waals surface area contributed by atoms with Gasteiger partial charge < -0.3 is 9.47 Å². The van der Waals surface area contributed by atoms with Gasteiger partial charge in [0.2, 0.25) is 0 Å². The van der Waals surface area contributed by atoms with Crippen LogP contribution in [0.3, 0.4) is 0 Å². The summed E-state index contributed by atoms with van der Waals surface area (Å²) in [6.45, 7) is 0.580. The van der Waals surface area contributed by atoms with Crippen molar-refractivity contribution in [3.05, 3.63) is 35.4 Å². The topological polar surface area (TPSA) is 18.5 Å². The standard InChI is InChI=1S/C14H14Cl2O2/c1-17-14-11-6-3-2-5-10(11)13(9-12(14)16)18-8-4-7-15/h2-3,5-6,9H,4,7-8H2,1H3. The molecule has 2 nitrogen and oxygen atoms in total. The molecule has 0 saturated heterocycles. The van der Waals surface area contributed by atoms with E-state index in [1.807, 2.05) is 24.3 Å². The van der Waals surface area contributed by atoms with Gasteiger partial charge in [-0.2, -0.15) is 0 Å². The molecule has 0 amide bonds. The maximum Gasteiger partial charge on any atom is 0.145 e. The average molecular weight is 285 g/mol. The van der Waals surface area contributed by atoms with Gasteiger partial charge in [0, 0.05) is 22.7 Å².